The molecule has 1 aromatic rings. The lowest BCUT2D eigenvalue weighted by molar-refractivity contribution is -0.387. The summed E-state index contributed by atoms with van der Waals surface area (Å²) in [7, 11) is 0. The van der Waals surface area contributed by atoms with Gasteiger partial charge in [0.2, 0.25) is 5.82 Å². The van der Waals surface area contributed by atoms with Crippen LogP contribution >= 0.6 is 12.6 Å². The summed E-state index contributed by atoms with van der Waals surface area (Å²) in [5, 5.41) is 10.4. The van der Waals surface area contributed by atoms with E-state index in [2.05, 4.69) is 12.6 Å². The van der Waals surface area contributed by atoms with E-state index in [1.54, 1.807) is 6.08 Å². The Hall–Kier alpha value is -1.43. The first-order chi connectivity index (χ1) is 7.56. The predicted molar refractivity (Wildman–Crippen MR) is 60.5 cm³/mol. The third kappa shape index (κ3) is 3.03. The van der Waals surface area contributed by atoms with Gasteiger partial charge in [0, 0.05) is 17.7 Å². The van der Waals surface area contributed by atoms with Crippen LogP contribution in [0.25, 0.3) is 6.08 Å². The maximum Gasteiger partial charge on any atom is 0.305 e. The molecule has 0 saturated carbocycles. The Balaban J connectivity index is 3.09. The molecule has 0 radical (unpaired) electrons. The minimum atomic E-state index is -1.17. The van der Waals surface area contributed by atoms with Crippen molar-refractivity contribution in [1.29, 1.82) is 0 Å². The van der Waals surface area contributed by atoms with Crippen molar-refractivity contribution in [3.8, 4) is 0 Å². The first-order valence-corrected chi connectivity index (χ1v) is 5.10. The summed E-state index contributed by atoms with van der Waals surface area (Å²) >= 11 is 3.95. The molecule has 3 nitrogen and oxygen atoms in total. The van der Waals surface area contributed by atoms with Crippen LogP contribution in [0.15, 0.2) is 18.2 Å². The van der Waals surface area contributed by atoms with E-state index in [4.69, 9.17) is 0 Å². The van der Waals surface area contributed by atoms with Crippen LogP contribution in [-0.4, -0.2) is 10.7 Å². The van der Waals surface area contributed by atoms with Gasteiger partial charge in [-0.1, -0.05) is 12.2 Å². The van der Waals surface area contributed by atoms with Gasteiger partial charge >= 0.3 is 5.69 Å². The average molecular weight is 245 g/mol. The van der Waals surface area contributed by atoms with E-state index < -0.39 is 22.2 Å². The first kappa shape index (κ1) is 12.6. The molecule has 0 atom stereocenters. The van der Waals surface area contributed by atoms with Crippen LogP contribution in [0.5, 0.6) is 0 Å². The molecule has 0 saturated heterocycles. The predicted octanol–water partition coefficient (Wildman–Crippen LogP) is 3.21. The molecule has 0 amide bonds. The molecule has 0 N–H and O–H groups in total. The molecule has 0 bridgehead atoms. The summed E-state index contributed by atoms with van der Waals surface area (Å²) in [6.07, 6.45) is 3.60. The highest BCUT2D eigenvalue weighted by Gasteiger charge is 2.16. The number of nitro benzene ring substituents is 1. The lowest BCUT2D eigenvalue weighted by atomic mass is 10.1. The molecule has 86 valence electrons. The third-order valence-electron chi connectivity index (χ3n) is 1.86. The van der Waals surface area contributed by atoms with Crippen LogP contribution in [0.1, 0.15) is 12.0 Å². The van der Waals surface area contributed by atoms with Gasteiger partial charge in [0.1, 0.15) is 5.82 Å². The lowest BCUT2D eigenvalue weighted by Crippen LogP contribution is -1.95. The highest BCUT2D eigenvalue weighted by atomic mass is 32.1. The van der Waals surface area contributed by atoms with Crippen LogP contribution < -0.4 is 0 Å². The average Bonchev–Trinajstić information content (AvgIpc) is 2.21. The molecule has 1 rings (SSSR count). The molecule has 0 aromatic heterocycles. The number of rotatable bonds is 4. The monoisotopic (exact) mass is 245 g/mol. The Bertz CT molecular complexity index is 435. The molecule has 16 heavy (non-hydrogen) atoms. The number of thiol groups is 1. The van der Waals surface area contributed by atoms with Gasteiger partial charge in [0.25, 0.3) is 0 Å². The van der Waals surface area contributed by atoms with E-state index in [1.807, 2.05) is 0 Å². The largest absolute Gasteiger partial charge is 0.305 e. The maximum absolute atomic E-state index is 13.2. The van der Waals surface area contributed by atoms with Gasteiger partial charge in [-0.05, 0) is 12.2 Å². The van der Waals surface area contributed by atoms with Gasteiger partial charge in [0.05, 0.1) is 4.92 Å². The number of nitro groups is 1. The summed E-state index contributed by atoms with van der Waals surface area (Å²) in [6.45, 7) is 0. The molecule has 0 aliphatic rings. The van der Waals surface area contributed by atoms with Crippen molar-refractivity contribution < 1.29 is 13.7 Å². The second-order valence-corrected chi connectivity index (χ2v) is 3.44. The Morgan fingerprint density at radius 2 is 2.06 bits per heavy atom. The fourth-order valence-corrected chi connectivity index (χ4v) is 1.26. The number of hydrogen-bond acceptors (Lipinski definition) is 3. The van der Waals surface area contributed by atoms with Crippen molar-refractivity contribution in [2.45, 2.75) is 6.42 Å². The van der Waals surface area contributed by atoms with E-state index in [1.165, 1.54) is 6.08 Å². The highest BCUT2D eigenvalue weighted by Crippen LogP contribution is 2.22. The Morgan fingerprint density at radius 3 is 2.62 bits per heavy atom. The van der Waals surface area contributed by atoms with E-state index >= 15 is 0 Å². The van der Waals surface area contributed by atoms with Gasteiger partial charge in [0.15, 0.2) is 0 Å². The lowest BCUT2D eigenvalue weighted by Gasteiger charge is -1.98. The second kappa shape index (κ2) is 5.60. The number of benzene rings is 1. The van der Waals surface area contributed by atoms with Gasteiger partial charge < -0.3 is 0 Å². The molecule has 0 aliphatic carbocycles. The molecule has 1 aromatic carbocycles. The zero-order chi connectivity index (χ0) is 12.1. The SMILES string of the molecule is O=[N+]([O-])c1cc(C=CCCS)c(F)cc1F. The zero-order valence-electron chi connectivity index (χ0n) is 8.19. The fourth-order valence-electron chi connectivity index (χ4n) is 1.11. The van der Waals surface area contributed by atoms with Crippen LogP contribution in [0.2, 0.25) is 0 Å². The Kier molecular flexibility index (Phi) is 4.42. The summed E-state index contributed by atoms with van der Waals surface area (Å²) < 4.78 is 26.1. The number of halogens is 2. The van der Waals surface area contributed by atoms with Crippen molar-refractivity contribution in [2.24, 2.45) is 0 Å². The van der Waals surface area contributed by atoms with Crippen LogP contribution in [0.3, 0.4) is 0 Å². The number of nitrogens with zero attached hydrogens (tertiary/aromatic N) is 1. The second-order valence-electron chi connectivity index (χ2n) is 3.00. The Morgan fingerprint density at radius 1 is 1.38 bits per heavy atom. The molecule has 0 heterocycles. The van der Waals surface area contributed by atoms with Gasteiger partial charge in [-0.15, -0.1) is 0 Å². The molecule has 0 fully saturated rings. The van der Waals surface area contributed by atoms with Crippen molar-refractivity contribution in [3.05, 3.63) is 45.5 Å². The summed E-state index contributed by atoms with van der Waals surface area (Å²) in [5.74, 6) is -1.41. The van der Waals surface area contributed by atoms with Crippen LogP contribution in [-0.2, 0) is 0 Å². The standard InChI is InChI=1S/C10H9F2NO2S/c11-8-6-9(12)10(13(14)15)5-7(8)3-1-2-4-16/h1,3,5-6,16H,2,4H2. The Labute approximate surface area is 96.3 Å². The molecule has 6 heteroatoms. The maximum atomic E-state index is 13.2. The van der Waals surface area contributed by atoms with E-state index in [0.29, 0.717) is 18.2 Å². The molecule has 0 unspecified atom stereocenters. The number of hydrogen-bond donors (Lipinski definition) is 1. The minimum Gasteiger partial charge on any atom is -0.258 e. The van der Waals surface area contributed by atoms with Gasteiger partial charge in [-0.3, -0.25) is 10.1 Å². The topological polar surface area (TPSA) is 43.1 Å². The smallest absolute Gasteiger partial charge is 0.258 e. The van der Waals surface area contributed by atoms with Gasteiger partial charge in [-0.2, -0.15) is 17.0 Å². The summed E-state index contributed by atoms with van der Waals surface area (Å²) in [4.78, 5) is 9.54. The van der Waals surface area contributed by atoms with Crippen LogP contribution in [0.4, 0.5) is 14.5 Å². The molecule has 0 aliphatic heterocycles. The summed E-state index contributed by atoms with van der Waals surface area (Å²) in [6, 6.07) is 1.39. The fraction of sp³-hybridized carbons (Fsp3) is 0.200. The van der Waals surface area contributed by atoms with Gasteiger partial charge in [-0.25, -0.2) is 4.39 Å². The third-order valence-corrected chi connectivity index (χ3v) is 2.11. The summed E-state index contributed by atoms with van der Waals surface area (Å²) in [5.41, 5.74) is -0.734. The molecular formula is C10H9F2NO2S. The van der Waals surface area contributed by atoms with Crippen molar-refractivity contribution >= 4 is 24.4 Å². The van der Waals surface area contributed by atoms with Crippen molar-refractivity contribution in [1.82, 2.24) is 0 Å². The molecule has 0 spiro atoms. The minimum absolute atomic E-state index is 0.00474. The normalized spacial score (nSPS) is 10.9. The van der Waals surface area contributed by atoms with E-state index in [9.17, 15) is 18.9 Å². The number of allylic oxidation sites excluding steroid dienone is 1. The first-order valence-electron chi connectivity index (χ1n) is 4.47. The van der Waals surface area contributed by atoms with E-state index in [0.717, 1.165) is 6.07 Å². The highest BCUT2D eigenvalue weighted by molar-refractivity contribution is 7.80. The molecular weight excluding hydrogens is 236 g/mol. The zero-order valence-corrected chi connectivity index (χ0v) is 9.08. The van der Waals surface area contributed by atoms with Crippen LogP contribution in [0, 0.1) is 21.7 Å². The van der Waals surface area contributed by atoms with Crippen molar-refractivity contribution in [2.75, 3.05) is 5.75 Å². The van der Waals surface area contributed by atoms with Crippen molar-refractivity contribution in [3.63, 3.8) is 0 Å². The quantitative estimate of drug-likeness (QED) is 0.503. The van der Waals surface area contributed by atoms with E-state index in [-0.39, 0.29) is 5.56 Å².